The molecule has 0 unspecified atom stereocenters. The number of aromatic amines is 1. The third kappa shape index (κ3) is 4.92. The first-order chi connectivity index (χ1) is 15.4. The average Bonchev–Trinajstić information content (AvgIpc) is 3.45. The van der Waals surface area contributed by atoms with E-state index in [9.17, 15) is 9.59 Å². The highest BCUT2D eigenvalue weighted by Crippen LogP contribution is 2.15. The van der Waals surface area contributed by atoms with E-state index in [0.29, 0.717) is 15.8 Å². The fourth-order valence-electron chi connectivity index (χ4n) is 2.98. The fourth-order valence-corrected chi connectivity index (χ4v) is 3.87. The van der Waals surface area contributed by atoms with Crippen molar-refractivity contribution in [1.29, 1.82) is 0 Å². The summed E-state index contributed by atoms with van der Waals surface area (Å²) in [6.45, 7) is 3.99. The van der Waals surface area contributed by atoms with E-state index < -0.39 is 5.54 Å². The molecule has 0 aliphatic rings. The van der Waals surface area contributed by atoms with Crippen LogP contribution in [0.4, 0.5) is 0 Å². The van der Waals surface area contributed by atoms with Gasteiger partial charge in [0.15, 0.2) is 5.78 Å². The van der Waals surface area contributed by atoms with E-state index in [-0.39, 0.29) is 11.3 Å². The molecule has 8 heteroatoms. The van der Waals surface area contributed by atoms with Crippen molar-refractivity contribution < 1.29 is 9.53 Å². The van der Waals surface area contributed by atoms with Crippen LogP contribution in [0.3, 0.4) is 0 Å². The Morgan fingerprint density at radius 2 is 1.91 bits per heavy atom. The Bertz CT molecular complexity index is 1370. The van der Waals surface area contributed by atoms with Gasteiger partial charge < -0.3 is 9.72 Å². The van der Waals surface area contributed by atoms with Gasteiger partial charge in [-0.3, -0.25) is 9.59 Å². The van der Waals surface area contributed by atoms with E-state index in [1.54, 1.807) is 19.9 Å². The molecule has 2 aromatic carbocycles. The van der Waals surface area contributed by atoms with E-state index in [1.165, 1.54) is 34.7 Å². The lowest BCUT2D eigenvalue weighted by Gasteiger charge is -2.20. The second kappa shape index (κ2) is 9.15. The van der Waals surface area contributed by atoms with Gasteiger partial charge in [0.2, 0.25) is 0 Å². The molecule has 32 heavy (non-hydrogen) atoms. The van der Waals surface area contributed by atoms with Gasteiger partial charge in [0.25, 0.3) is 5.56 Å². The predicted molar refractivity (Wildman–Crippen MR) is 124 cm³/mol. The second-order valence-corrected chi connectivity index (χ2v) is 8.76. The molecule has 162 valence electrons. The molecule has 0 spiro atoms. The molecule has 4 aromatic rings. The Balaban J connectivity index is 1.51. The van der Waals surface area contributed by atoms with Crippen molar-refractivity contribution >= 4 is 29.3 Å². The van der Waals surface area contributed by atoms with Gasteiger partial charge in [-0.2, -0.15) is 5.10 Å². The Labute approximate surface area is 188 Å². The third-order valence-electron chi connectivity index (χ3n) is 4.96. The molecular weight excluding hydrogens is 424 g/mol. The summed E-state index contributed by atoms with van der Waals surface area (Å²) in [7, 11) is 0. The summed E-state index contributed by atoms with van der Waals surface area (Å²) in [6.07, 6.45) is 6.10. The van der Waals surface area contributed by atoms with Crippen LogP contribution in [0, 0.1) is 0 Å². The molecule has 7 nitrogen and oxygen atoms in total. The number of ketones is 1. The van der Waals surface area contributed by atoms with Crippen LogP contribution in [-0.2, 0) is 16.9 Å². The highest BCUT2D eigenvalue weighted by atomic mass is 32.1. The summed E-state index contributed by atoms with van der Waals surface area (Å²) in [5.41, 5.74) is 0.817. The minimum absolute atomic E-state index is 0.188. The highest BCUT2D eigenvalue weighted by molar-refractivity contribution is 7.07. The average molecular weight is 447 g/mol. The zero-order valence-corrected chi connectivity index (χ0v) is 18.5. The molecule has 0 atom stereocenters. The number of ether oxygens (including phenoxy) is 1. The number of nitrogens with one attached hydrogen (secondary N) is 1. The molecule has 0 radical (unpaired) electrons. The van der Waals surface area contributed by atoms with Crippen LogP contribution in [0.1, 0.15) is 25.0 Å². The van der Waals surface area contributed by atoms with Gasteiger partial charge in [-0.1, -0.05) is 42.5 Å². The van der Waals surface area contributed by atoms with Gasteiger partial charge in [-0.05, 0) is 43.2 Å². The van der Waals surface area contributed by atoms with Crippen molar-refractivity contribution in [3.63, 3.8) is 0 Å². The lowest BCUT2D eigenvalue weighted by molar-refractivity contribution is -0.120. The zero-order valence-electron chi connectivity index (χ0n) is 17.7. The molecule has 0 saturated carbocycles. The number of rotatable bonds is 7. The number of Topliss-reactive ketones (excluding diaryl/α,β-unsaturated/α-hetero) is 1. The standard InChI is InChI=1S/C24H22N4O3S/c1-24(2,28-16-25-15-26-28)21(29)13-22-27-23(30)20(32-22)12-17-8-10-19(11-9-17)31-14-18-6-4-3-5-7-18/h3-13,15-16H,14H2,1-2H3,(H,27,30)/b20-12-,22-13+. The number of hydrogen-bond acceptors (Lipinski definition) is 6. The predicted octanol–water partition coefficient (Wildman–Crippen LogP) is 2.22. The Morgan fingerprint density at radius 1 is 1.16 bits per heavy atom. The number of aromatic nitrogens is 4. The van der Waals surface area contributed by atoms with Crippen molar-refractivity contribution in [3.05, 3.63) is 97.9 Å². The molecule has 0 saturated heterocycles. The summed E-state index contributed by atoms with van der Waals surface area (Å²) >= 11 is 1.23. The SMILES string of the molecule is CC(C)(C(=O)/C=c1\[nH]c(=O)/c(=C/c2ccc(OCc3ccccc3)cc2)s1)n1cncn1. The topological polar surface area (TPSA) is 89.9 Å². The van der Waals surface area contributed by atoms with E-state index in [1.807, 2.05) is 54.6 Å². The van der Waals surface area contributed by atoms with Crippen LogP contribution in [0.2, 0.25) is 0 Å². The number of benzene rings is 2. The van der Waals surface area contributed by atoms with Crippen LogP contribution < -0.4 is 19.5 Å². The van der Waals surface area contributed by atoms with E-state index in [2.05, 4.69) is 15.1 Å². The molecular formula is C24H22N4O3S. The number of carbonyl (C=O) groups excluding carboxylic acids is 1. The molecule has 0 bridgehead atoms. The fraction of sp³-hybridized carbons (Fsp3) is 0.167. The Morgan fingerprint density at radius 3 is 2.59 bits per heavy atom. The molecule has 2 aromatic heterocycles. The van der Waals surface area contributed by atoms with Crippen molar-refractivity contribution in [1.82, 2.24) is 19.7 Å². The van der Waals surface area contributed by atoms with Crippen LogP contribution in [0.5, 0.6) is 5.75 Å². The van der Waals surface area contributed by atoms with Crippen LogP contribution >= 0.6 is 11.3 Å². The van der Waals surface area contributed by atoms with Crippen molar-refractivity contribution in [2.24, 2.45) is 0 Å². The molecule has 2 heterocycles. The Hall–Kier alpha value is -3.78. The normalized spacial score (nSPS) is 12.8. The summed E-state index contributed by atoms with van der Waals surface area (Å²) < 4.78 is 8.29. The molecule has 0 amide bonds. The van der Waals surface area contributed by atoms with Gasteiger partial charge >= 0.3 is 0 Å². The lowest BCUT2D eigenvalue weighted by atomic mass is 10.00. The minimum Gasteiger partial charge on any atom is -0.489 e. The quantitative estimate of drug-likeness (QED) is 0.470. The first-order valence-electron chi connectivity index (χ1n) is 10.0. The van der Waals surface area contributed by atoms with Gasteiger partial charge in [-0.25, -0.2) is 9.67 Å². The first-order valence-corrected chi connectivity index (χ1v) is 10.8. The maximum atomic E-state index is 12.7. The number of hydrogen-bond donors (Lipinski definition) is 1. The molecule has 1 N–H and O–H groups in total. The molecule has 0 aliphatic carbocycles. The number of nitrogens with zero attached hydrogens (tertiary/aromatic N) is 3. The lowest BCUT2D eigenvalue weighted by Crippen LogP contribution is -2.36. The minimum atomic E-state index is -0.906. The van der Waals surface area contributed by atoms with Crippen molar-refractivity contribution in [2.75, 3.05) is 0 Å². The van der Waals surface area contributed by atoms with Gasteiger partial charge in [-0.15, -0.1) is 11.3 Å². The van der Waals surface area contributed by atoms with Crippen LogP contribution in [0.15, 0.2) is 72.0 Å². The summed E-state index contributed by atoms with van der Waals surface area (Å²) in [6, 6.07) is 17.5. The maximum Gasteiger partial charge on any atom is 0.266 e. The smallest absolute Gasteiger partial charge is 0.266 e. The van der Waals surface area contributed by atoms with Crippen molar-refractivity contribution in [2.45, 2.75) is 26.0 Å². The van der Waals surface area contributed by atoms with Crippen LogP contribution in [0.25, 0.3) is 12.2 Å². The largest absolute Gasteiger partial charge is 0.489 e. The van der Waals surface area contributed by atoms with E-state index in [0.717, 1.165) is 16.9 Å². The summed E-state index contributed by atoms with van der Waals surface area (Å²) in [4.78, 5) is 31.7. The monoisotopic (exact) mass is 446 g/mol. The zero-order chi connectivity index (χ0) is 22.6. The maximum absolute atomic E-state index is 12.7. The number of H-pyrrole nitrogens is 1. The second-order valence-electron chi connectivity index (χ2n) is 7.68. The van der Waals surface area contributed by atoms with Crippen LogP contribution in [-0.4, -0.2) is 25.5 Å². The van der Waals surface area contributed by atoms with E-state index >= 15 is 0 Å². The van der Waals surface area contributed by atoms with E-state index in [4.69, 9.17) is 4.74 Å². The van der Waals surface area contributed by atoms with Gasteiger partial charge in [0.1, 0.15) is 30.5 Å². The van der Waals surface area contributed by atoms with Gasteiger partial charge in [0.05, 0.1) is 9.20 Å². The third-order valence-corrected chi connectivity index (χ3v) is 5.93. The van der Waals surface area contributed by atoms with Gasteiger partial charge in [0, 0.05) is 6.08 Å². The molecule has 0 fully saturated rings. The number of carbonyl (C=O) groups is 1. The van der Waals surface area contributed by atoms with Crippen molar-refractivity contribution in [3.8, 4) is 5.75 Å². The molecule has 4 rings (SSSR count). The summed E-state index contributed by atoms with van der Waals surface area (Å²) in [5, 5.41) is 4.05. The summed E-state index contributed by atoms with van der Waals surface area (Å²) in [5.74, 6) is 0.563. The number of thiazole rings is 1. The molecule has 0 aliphatic heterocycles. The Kier molecular flexibility index (Phi) is 6.13. The highest BCUT2D eigenvalue weighted by Gasteiger charge is 2.28. The first kappa shape index (κ1) is 21.5.